The molecule has 0 aliphatic rings. The fraction of sp³-hybridized carbons (Fsp3) is 0.188. The highest BCUT2D eigenvalue weighted by Crippen LogP contribution is 2.26. The largest absolute Gasteiger partial charge is 0.481 e. The molecular weight excluding hydrogens is 314 g/mol. The molecule has 3 aromatic heterocycles. The molecule has 0 aromatic carbocycles. The topological polar surface area (TPSA) is 77.2 Å². The Hall–Kier alpha value is -2.67. The van der Waals surface area contributed by atoms with Crippen LogP contribution in [-0.2, 0) is 11.2 Å². The molecule has 0 atom stereocenters. The van der Waals surface area contributed by atoms with Crippen LogP contribution in [-0.4, -0.2) is 23.0 Å². The summed E-state index contributed by atoms with van der Waals surface area (Å²) in [5.74, 6) is 1.52. The van der Waals surface area contributed by atoms with Crippen molar-refractivity contribution in [3.8, 4) is 16.6 Å². The van der Waals surface area contributed by atoms with Crippen molar-refractivity contribution in [1.82, 2.24) is 9.97 Å². The first-order chi connectivity index (χ1) is 11.2. The Morgan fingerprint density at radius 3 is 2.91 bits per heavy atom. The molecule has 0 unspecified atom stereocenters. The first-order valence-electron chi connectivity index (χ1n) is 6.96. The van der Waals surface area contributed by atoms with Gasteiger partial charge >= 0.3 is 0 Å². The van der Waals surface area contributed by atoms with Crippen molar-refractivity contribution in [2.45, 2.75) is 13.3 Å². The Labute approximate surface area is 137 Å². The van der Waals surface area contributed by atoms with Gasteiger partial charge in [0.1, 0.15) is 5.76 Å². The molecule has 1 amide bonds. The van der Waals surface area contributed by atoms with E-state index in [1.807, 2.05) is 24.4 Å². The van der Waals surface area contributed by atoms with Crippen LogP contribution in [0.15, 0.2) is 40.3 Å². The van der Waals surface area contributed by atoms with Crippen LogP contribution in [0.3, 0.4) is 0 Å². The Morgan fingerprint density at radius 2 is 2.26 bits per heavy atom. The van der Waals surface area contributed by atoms with E-state index in [2.05, 4.69) is 15.3 Å². The summed E-state index contributed by atoms with van der Waals surface area (Å²) in [6, 6.07) is 7.29. The molecule has 0 bridgehead atoms. The van der Waals surface area contributed by atoms with Gasteiger partial charge in [0.25, 0.3) is 0 Å². The first-order valence-corrected chi connectivity index (χ1v) is 7.84. The van der Waals surface area contributed by atoms with Crippen LogP contribution in [0.5, 0.6) is 5.88 Å². The molecule has 3 heterocycles. The van der Waals surface area contributed by atoms with Crippen molar-refractivity contribution in [2.24, 2.45) is 0 Å². The lowest BCUT2D eigenvalue weighted by Crippen LogP contribution is -2.15. The van der Waals surface area contributed by atoms with Gasteiger partial charge in [-0.1, -0.05) is 6.07 Å². The number of anilines is 1. The summed E-state index contributed by atoms with van der Waals surface area (Å²) >= 11 is 1.55. The smallest absolute Gasteiger partial charge is 0.236 e. The van der Waals surface area contributed by atoms with E-state index in [0.29, 0.717) is 28.9 Å². The highest BCUT2D eigenvalue weighted by atomic mass is 32.1. The number of hydrogen-bond donors (Lipinski definition) is 1. The number of carbonyl (C=O) groups is 1. The SMILES string of the molecule is COc1ccc(NC(=O)Cc2nc(-c3cccs3)oc2C)cn1. The number of thiophene rings is 1. The molecule has 0 spiro atoms. The van der Waals surface area contributed by atoms with Gasteiger partial charge in [-0.15, -0.1) is 11.3 Å². The molecule has 1 N–H and O–H groups in total. The third kappa shape index (κ3) is 3.57. The Balaban J connectivity index is 1.67. The minimum atomic E-state index is -0.175. The monoisotopic (exact) mass is 329 g/mol. The summed E-state index contributed by atoms with van der Waals surface area (Å²) < 4.78 is 10.6. The third-order valence-corrected chi connectivity index (χ3v) is 4.04. The van der Waals surface area contributed by atoms with Gasteiger partial charge in [0.15, 0.2) is 0 Å². The second-order valence-corrected chi connectivity index (χ2v) is 5.76. The zero-order valence-electron chi connectivity index (χ0n) is 12.7. The predicted octanol–water partition coefficient (Wildman–Crippen LogP) is 3.30. The minimum Gasteiger partial charge on any atom is -0.481 e. The molecule has 0 saturated heterocycles. The number of amides is 1. The second kappa shape index (κ2) is 6.62. The highest BCUT2D eigenvalue weighted by molar-refractivity contribution is 7.13. The van der Waals surface area contributed by atoms with Crippen LogP contribution < -0.4 is 10.1 Å². The number of nitrogens with one attached hydrogen (secondary N) is 1. The third-order valence-electron chi connectivity index (χ3n) is 3.18. The average molecular weight is 329 g/mol. The first kappa shape index (κ1) is 15.2. The van der Waals surface area contributed by atoms with E-state index in [9.17, 15) is 4.79 Å². The summed E-state index contributed by atoms with van der Waals surface area (Å²) in [5, 5.41) is 4.73. The van der Waals surface area contributed by atoms with Crippen LogP contribution in [0.2, 0.25) is 0 Å². The van der Waals surface area contributed by atoms with E-state index in [1.54, 1.807) is 36.8 Å². The zero-order chi connectivity index (χ0) is 16.2. The number of hydrogen-bond acceptors (Lipinski definition) is 6. The average Bonchev–Trinajstić information content (AvgIpc) is 3.18. The number of carbonyl (C=O) groups excluding carboxylic acids is 1. The standard InChI is InChI=1S/C16H15N3O3S/c1-10-12(19-16(22-10)13-4-3-7-23-13)8-14(20)18-11-5-6-15(21-2)17-9-11/h3-7,9H,8H2,1-2H3,(H,18,20). The van der Waals surface area contributed by atoms with Gasteiger partial charge in [-0.05, 0) is 24.4 Å². The van der Waals surface area contributed by atoms with Gasteiger partial charge in [0, 0.05) is 6.07 Å². The number of oxazole rings is 1. The van der Waals surface area contributed by atoms with Crippen LogP contribution in [0.4, 0.5) is 5.69 Å². The number of pyridine rings is 1. The molecule has 0 aliphatic heterocycles. The number of aryl methyl sites for hydroxylation is 1. The zero-order valence-corrected chi connectivity index (χ0v) is 13.5. The van der Waals surface area contributed by atoms with E-state index in [-0.39, 0.29) is 12.3 Å². The highest BCUT2D eigenvalue weighted by Gasteiger charge is 2.15. The quantitative estimate of drug-likeness (QED) is 0.777. The number of methoxy groups -OCH3 is 1. The van der Waals surface area contributed by atoms with Gasteiger partial charge in [-0.2, -0.15) is 0 Å². The predicted molar refractivity (Wildman–Crippen MR) is 87.7 cm³/mol. The lowest BCUT2D eigenvalue weighted by atomic mass is 10.2. The minimum absolute atomic E-state index is 0.146. The maximum Gasteiger partial charge on any atom is 0.236 e. The van der Waals surface area contributed by atoms with E-state index < -0.39 is 0 Å². The van der Waals surface area contributed by atoms with Crippen molar-refractivity contribution in [3.05, 3.63) is 47.3 Å². The Kier molecular flexibility index (Phi) is 4.38. The van der Waals surface area contributed by atoms with Crippen LogP contribution >= 0.6 is 11.3 Å². The molecule has 3 rings (SSSR count). The molecule has 6 nitrogen and oxygen atoms in total. The van der Waals surface area contributed by atoms with Crippen LogP contribution in [0.25, 0.3) is 10.8 Å². The normalized spacial score (nSPS) is 10.5. The van der Waals surface area contributed by atoms with Crippen molar-refractivity contribution in [2.75, 3.05) is 12.4 Å². The summed E-state index contributed by atoms with van der Waals surface area (Å²) in [5.41, 5.74) is 1.24. The lowest BCUT2D eigenvalue weighted by Gasteiger charge is -2.04. The van der Waals surface area contributed by atoms with Gasteiger partial charge in [-0.25, -0.2) is 9.97 Å². The Bertz CT molecular complexity index is 795. The second-order valence-electron chi connectivity index (χ2n) is 4.81. The van der Waals surface area contributed by atoms with Crippen molar-refractivity contribution in [1.29, 1.82) is 0 Å². The molecular formula is C16H15N3O3S. The van der Waals surface area contributed by atoms with E-state index in [4.69, 9.17) is 9.15 Å². The summed E-state index contributed by atoms with van der Waals surface area (Å²) in [7, 11) is 1.54. The fourth-order valence-corrected chi connectivity index (χ4v) is 2.68. The van der Waals surface area contributed by atoms with E-state index in [0.717, 1.165) is 4.88 Å². The van der Waals surface area contributed by atoms with Gasteiger partial charge in [0.2, 0.25) is 17.7 Å². The number of rotatable bonds is 5. The fourth-order valence-electron chi connectivity index (χ4n) is 2.03. The summed E-state index contributed by atoms with van der Waals surface area (Å²) in [4.78, 5) is 21.5. The molecule has 3 aromatic rings. The van der Waals surface area contributed by atoms with E-state index in [1.165, 1.54) is 0 Å². The number of aromatic nitrogens is 2. The molecule has 0 radical (unpaired) electrons. The number of nitrogens with zero attached hydrogens (tertiary/aromatic N) is 2. The maximum absolute atomic E-state index is 12.1. The van der Waals surface area contributed by atoms with Gasteiger partial charge in [-0.3, -0.25) is 4.79 Å². The molecule has 23 heavy (non-hydrogen) atoms. The molecule has 0 saturated carbocycles. The number of ether oxygens (including phenoxy) is 1. The molecule has 118 valence electrons. The van der Waals surface area contributed by atoms with Crippen LogP contribution in [0, 0.1) is 6.92 Å². The summed E-state index contributed by atoms with van der Waals surface area (Å²) in [6.07, 6.45) is 1.69. The summed E-state index contributed by atoms with van der Waals surface area (Å²) in [6.45, 7) is 1.81. The Morgan fingerprint density at radius 1 is 1.39 bits per heavy atom. The molecule has 7 heteroatoms. The molecule has 0 fully saturated rings. The van der Waals surface area contributed by atoms with E-state index >= 15 is 0 Å². The maximum atomic E-state index is 12.1. The van der Waals surface area contributed by atoms with Crippen molar-refractivity contribution in [3.63, 3.8) is 0 Å². The van der Waals surface area contributed by atoms with Crippen molar-refractivity contribution < 1.29 is 13.9 Å². The van der Waals surface area contributed by atoms with Gasteiger partial charge < -0.3 is 14.5 Å². The molecule has 0 aliphatic carbocycles. The lowest BCUT2D eigenvalue weighted by molar-refractivity contribution is -0.115. The van der Waals surface area contributed by atoms with Crippen LogP contribution in [0.1, 0.15) is 11.5 Å². The van der Waals surface area contributed by atoms with Crippen molar-refractivity contribution >= 4 is 22.9 Å². The van der Waals surface area contributed by atoms with Gasteiger partial charge in [0.05, 0.1) is 36.0 Å².